The maximum atomic E-state index is 13.2. The predicted molar refractivity (Wildman–Crippen MR) is 110 cm³/mol. The Morgan fingerprint density at radius 2 is 2.00 bits per heavy atom. The fourth-order valence-corrected chi connectivity index (χ4v) is 3.86. The highest BCUT2D eigenvalue weighted by Gasteiger charge is 2.37. The van der Waals surface area contributed by atoms with E-state index in [0.717, 1.165) is 5.56 Å². The van der Waals surface area contributed by atoms with Crippen molar-refractivity contribution >= 4 is 17.9 Å². The first-order chi connectivity index (χ1) is 14.6. The Hall–Kier alpha value is -3.53. The number of hydrogen-bond acceptors (Lipinski definition) is 5. The van der Waals surface area contributed by atoms with Gasteiger partial charge in [-0.1, -0.05) is 12.1 Å². The van der Waals surface area contributed by atoms with E-state index in [2.05, 4.69) is 16.0 Å². The van der Waals surface area contributed by atoms with Crippen molar-refractivity contribution in [2.24, 2.45) is 10.4 Å². The molecule has 2 aliphatic rings. The molecule has 7 heteroatoms. The molecule has 0 atom stereocenters. The summed E-state index contributed by atoms with van der Waals surface area (Å²) in [4.78, 5) is 23.4. The first kappa shape index (κ1) is 19.8. The van der Waals surface area contributed by atoms with Crippen LogP contribution in [0.25, 0.3) is 5.76 Å². The van der Waals surface area contributed by atoms with Crippen molar-refractivity contribution in [1.82, 2.24) is 9.88 Å². The molecule has 0 bridgehead atoms. The van der Waals surface area contributed by atoms with Crippen LogP contribution < -0.4 is 0 Å². The molecule has 0 radical (unpaired) electrons. The highest BCUT2D eigenvalue weighted by atomic mass is 19.1. The van der Waals surface area contributed by atoms with E-state index in [-0.39, 0.29) is 11.7 Å². The van der Waals surface area contributed by atoms with Crippen molar-refractivity contribution < 1.29 is 13.9 Å². The van der Waals surface area contributed by atoms with E-state index in [1.54, 1.807) is 47.8 Å². The number of piperidine rings is 1. The van der Waals surface area contributed by atoms with Crippen LogP contribution in [0, 0.1) is 22.6 Å². The summed E-state index contributed by atoms with van der Waals surface area (Å²) in [5.74, 6) is 0.0480. The second-order valence-electron chi connectivity index (χ2n) is 7.52. The van der Waals surface area contributed by atoms with Crippen LogP contribution in [-0.4, -0.2) is 41.7 Å². The summed E-state index contributed by atoms with van der Waals surface area (Å²) in [6, 6.07) is 12.2. The molecule has 1 amide bonds. The number of ether oxygens (including phenoxy) is 1. The van der Waals surface area contributed by atoms with E-state index in [0.29, 0.717) is 56.0 Å². The van der Waals surface area contributed by atoms with Crippen molar-refractivity contribution in [2.45, 2.75) is 19.3 Å². The highest BCUT2D eigenvalue weighted by Crippen LogP contribution is 2.35. The number of aromatic nitrogens is 1. The van der Waals surface area contributed by atoms with Gasteiger partial charge in [0.05, 0.1) is 23.2 Å². The third kappa shape index (κ3) is 4.08. The number of halogens is 1. The standard InChI is InChI=1S/C23H21FN4O2/c24-18-5-3-17(4-6-18)14-23(16-25)7-11-28(12-8-23)22(29)19-2-1-9-27-21(19)20-15-26-10-13-30-20/h1-6,9-10,15H,7-8,11-14H2. The van der Waals surface area contributed by atoms with Gasteiger partial charge >= 0.3 is 0 Å². The number of pyridine rings is 1. The molecule has 0 unspecified atom stereocenters. The maximum absolute atomic E-state index is 13.2. The number of carbonyl (C=O) groups is 1. The zero-order valence-electron chi connectivity index (χ0n) is 16.4. The molecule has 2 aliphatic heterocycles. The molecule has 0 saturated carbocycles. The van der Waals surface area contributed by atoms with E-state index in [1.165, 1.54) is 12.1 Å². The molecule has 1 aromatic carbocycles. The van der Waals surface area contributed by atoms with Gasteiger partial charge in [-0.3, -0.25) is 14.8 Å². The number of nitriles is 1. The zero-order valence-corrected chi connectivity index (χ0v) is 16.4. The Morgan fingerprint density at radius 1 is 1.23 bits per heavy atom. The largest absolute Gasteiger partial charge is 0.484 e. The highest BCUT2D eigenvalue weighted by molar-refractivity contribution is 5.98. The quantitative estimate of drug-likeness (QED) is 0.780. The van der Waals surface area contributed by atoms with Crippen molar-refractivity contribution in [3.63, 3.8) is 0 Å². The molecule has 1 saturated heterocycles. The SMILES string of the molecule is N#CC1(Cc2ccc(F)cc2)CCN(C(=O)c2cccnc2C2=CN=CCO2)CC1. The number of aliphatic imine (C=N–C) groups is 1. The van der Waals surface area contributed by atoms with Gasteiger partial charge in [0.1, 0.15) is 18.1 Å². The number of likely N-dealkylation sites (tertiary alicyclic amines) is 1. The topological polar surface area (TPSA) is 78.6 Å². The molecular weight excluding hydrogens is 383 g/mol. The van der Waals surface area contributed by atoms with Gasteiger partial charge in [0.2, 0.25) is 0 Å². The van der Waals surface area contributed by atoms with Crippen molar-refractivity contribution in [3.8, 4) is 6.07 Å². The lowest BCUT2D eigenvalue weighted by Gasteiger charge is -2.37. The summed E-state index contributed by atoms with van der Waals surface area (Å²) in [7, 11) is 0. The minimum absolute atomic E-state index is 0.134. The summed E-state index contributed by atoms with van der Waals surface area (Å²) in [5.41, 5.74) is 1.30. The molecule has 30 heavy (non-hydrogen) atoms. The molecule has 2 aromatic rings. The fourth-order valence-electron chi connectivity index (χ4n) is 3.86. The van der Waals surface area contributed by atoms with Crippen molar-refractivity contribution in [1.29, 1.82) is 5.26 Å². The fraction of sp³-hybridized carbons (Fsp3) is 0.304. The third-order valence-corrected chi connectivity index (χ3v) is 5.58. The molecule has 1 aromatic heterocycles. The van der Waals surface area contributed by atoms with Crippen LogP contribution in [-0.2, 0) is 11.2 Å². The first-order valence-electron chi connectivity index (χ1n) is 9.85. The molecule has 6 nitrogen and oxygen atoms in total. The molecular formula is C23H21FN4O2. The average molecular weight is 404 g/mol. The molecule has 0 spiro atoms. The van der Waals surface area contributed by atoms with E-state index < -0.39 is 5.41 Å². The lowest BCUT2D eigenvalue weighted by Crippen LogP contribution is -2.43. The second kappa shape index (κ2) is 8.46. The number of benzene rings is 1. The van der Waals surface area contributed by atoms with E-state index >= 15 is 0 Å². The lowest BCUT2D eigenvalue weighted by molar-refractivity contribution is 0.0646. The Labute approximate surface area is 174 Å². The number of carbonyl (C=O) groups excluding carboxylic acids is 1. The van der Waals surface area contributed by atoms with Crippen molar-refractivity contribution in [2.75, 3.05) is 19.7 Å². The molecule has 1 fully saturated rings. The van der Waals surface area contributed by atoms with Crippen LogP contribution in [0.4, 0.5) is 4.39 Å². The Bertz CT molecular complexity index is 1030. The van der Waals surface area contributed by atoms with E-state index in [9.17, 15) is 14.4 Å². The predicted octanol–water partition coefficient (Wildman–Crippen LogP) is 3.61. The lowest BCUT2D eigenvalue weighted by atomic mass is 9.75. The van der Waals surface area contributed by atoms with Gasteiger partial charge in [0.15, 0.2) is 5.76 Å². The Morgan fingerprint density at radius 3 is 2.67 bits per heavy atom. The minimum atomic E-state index is -0.559. The molecule has 152 valence electrons. The van der Waals surface area contributed by atoms with Gasteiger partial charge in [-0.2, -0.15) is 5.26 Å². The van der Waals surface area contributed by atoms with Gasteiger partial charge in [0, 0.05) is 25.5 Å². The summed E-state index contributed by atoms with van der Waals surface area (Å²) in [6.45, 7) is 1.29. The number of hydrogen-bond donors (Lipinski definition) is 0. The normalized spacial score (nSPS) is 17.6. The van der Waals surface area contributed by atoms with Gasteiger partial charge in [-0.25, -0.2) is 4.39 Å². The minimum Gasteiger partial charge on any atom is -0.484 e. The molecule has 4 rings (SSSR count). The molecule has 0 N–H and O–H groups in total. The van der Waals surface area contributed by atoms with Gasteiger partial charge in [-0.05, 0) is 49.1 Å². The summed E-state index contributed by atoms with van der Waals surface area (Å²) < 4.78 is 18.8. The van der Waals surface area contributed by atoms with Gasteiger partial charge < -0.3 is 9.64 Å². The summed E-state index contributed by atoms with van der Waals surface area (Å²) >= 11 is 0. The number of rotatable bonds is 4. The number of nitrogens with zero attached hydrogens (tertiary/aromatic N) is 4. The molecule has 3 heterocycles. The van der Waals surface area contributed by atoms with Crippen LogP contribution in [0.15, 0.2) is 53.8 Å². The van der Waals surface area contributed by atoms with Crippen LogP contribution >= 0.6 is 0 Å². The summed E-state index contributed by atoms with van der Waals surface area (Å²) in [6.07, 6.45) is 6.48. The molecule has 0 aliphatic carbocycles. The average Bonchev–Trinajstić information content (AvgIpc) is 2.81. The van der Waals surface area contributed by atoms with Crippen LogP contribution in [0.2, 0.25) is 0 Å². The monoisotopic (exact) mass is 404 g/mol. The second-order valence-corrected chi connectivity index (χ2v) is 7.52. The Kier molecular flexibility index (Phi) is 5.57. The third-order valence-electron chi connectivity index (χ3n) is 5.58. The maximum Gasteiger partial charge on any atom is 0.256 e. The zero-order chi connectivity index (χ0) is 21.0. The van der Waals surface area contributed by atoms with Gasteiger partial charge in [0.25, 0.3) is 5.91 Å². The first-order valence-corrected chi connectivity index (χ1v) is 9.85. The van der Waals surface area contributed by atoms with E-state index in [1.807, 2.05) is 0 Å². The van der Waals surface area contributed by atoms with Crippen molar-refractivity contribution in [3.05, 3.63) is 71.4 Å². The van der Waals surface area contributed by atoms with Gasteiger partial charge in [-0.15, -0.1) is 0 Å². The van der Waals surface area contributed by atoms with Crippen LogP contribution in [0.3, 0.4) is 0 Å². The summed E-state index contributed by atoms with van der Waals surface area (Å²) in [5, 5.41) is 9.84. The smallest absolute Gasteiger partial charge is 0.256 e. The van der Waals surface area contributed by atoms with E-state index in [4.69, 9.17) is 4.74 Å². The van der Waals surface area contributed by atoms with Crippen LogP contribution in [0.5, 0.6) is 0 Å². The number of amides is 1. The van der Waals surface area contributed by atoms with Crippen LogP contribution in [0.1, 0.15) is 34.5 Å². The Balaban J connectivity index is 1.48.